The Hall–Kier alpha value is -4.05. The molecule has 9 nitrogen and oxygen atoms in total. The Morgan fingerprint density at radius 3 is 2.58 bits per heavy atom. The maximum atomic E-state index is 13.6. The van der Waals surface area contributed by atoms with Gasteiger partial charge in [0.2, 0.25) is 10.9 Å². The number of anilines is 1. The summed E-state index contributed by atoms with van der Waals surface area (Å²) in [4.78, 5) is 39.5. The van der Waals surface area contributed by atoms with Crippen molar-refractivity contribution >= 4 is 39.3 Å². The molecule has 1 unspecified atom stereocenters. The largest absolute Gasteiger partial charge is 0.484 e. The summed E-state index contributed by atoms with van der Waals surface area (Å²) in [5, 5.41) is 9.63. The normalized spacial score (nSPS) is 15.2. The van der Waals surface area contributed by atoms with E-state index >= 15 is 0 Å². The highest BCUT2D eigenvalue weighted by molar-refractivity contribution is 7.15. The molecule has 2 aromatic carbocycles. The Kier molecular flexibility index (Phi) is 4.94. The molecule has 2 amide bonds. The number of aromatic nitrogens is 2. The van der Waals surface area contributed by atoms with E-state index in [1.54, 1.807) is 43.3 Å². The van der Waals surface area contributed by atoms with Gasteiger partial charge in [-0.05, 0) is 43.7 Å². The van der Waals surface area contributed by atoms with Gasteiger partial charge in [-0.3, -0.25) is 19.3 Å². The number of rotatable bonds is 5. The van der Waals surface area contributed by atoms with Crippen LogP contribution in [-0.2, 0) is 4.79 Å². The topological polar surface area (TPSA) is 129 Å². The van der Waals surface area contributed by atoms with Gasteiger partial charge >= 0.3 is 0 Å². The van der Waals surface area contributed by atoms with Crippen molar-refractivity contribution in [1.82, 2.24) is 10.2 Å². The summed E-state index contributed by atoms with van der Waals surface area (Å²) < 4.78 is 11.3. The van der Waals surface area contributed by atoms with Crippen LogP contribution in [0.4, 0.5) is 5.13 Å². The highest BCUT2D eigenvalue weighted by Gasteiger charge is 2.45. The molecule has 1 aliphatic heterocycles. The van der Waals surface area contributed by atoms with Crippen LogP contribution in [0.3, 0.4) is 0 Å². The van der Waals surface area contributed by atoms with Gasteiger partial charge in [0.1, 0.15) is 16.3 Å². The van der Waals surface area contributed by atoms with Gasteiger partial charge in [-0.1, -0.05) is 35.1 Å². The molecule has 33 heavy (non-hydrogen) atoms. The van der Waals surface area contributed by atoms with E-state index in [2.05, 4.69) is 10.2 Å². The maximum absolute atomic E-state index is 13.6. The molecule has 10 heteroatoms. The third kappa shape index (κ3) is 3.54. The van der Waals surface area contributed by atoms with E-state index in [4.69, 9.17) is 14.9 Å². The predicted molar refractivity (Wildman–Crippen MR) is 122 cm³/mol. The predicted octanol–water partition coefficient (Wildman–Crippen LogP) is 2.88. The van der Waals surface area contributed by atoms with E-state index < -0.39 is 17.9 Å². The molecule has 0 spiro atoms. The number of nitrogens with two attached hydrogens (primary N) is 1. The quantitative estimate of drug-likeness (QED) is 0.483. The molecular formula is C23H18N4O5S. The van der Waals surface area contributed by atoms with Gasteiger partial charge in [-0.15, -0.1) is 10.2 Å². The molecule has 4 aromatic rings. The smallest absolute Gasteiger partial charge is 0.297 e. The molecule has 166 valence electrons. The van der Waals surface area contributed by atoms with Crippen molar-refractivity contribution in [3.8, 4) is 5.75 Å². The molecule has 2 N–H and O–H groups in total. The van der Waals surface area contributed by atoms with Crippen LogP contribution >= 0.6 is 11.3 Å². The molecule has 3 heterocycles. The number of benzene rings is 2. The minimum absolute atomic E-state index is 0.0109. The summed E-state index contributed by atoms with van der Waals surface area (Å²) >= 11 is 1.25. The van der Waals surface area contributed by atoms with Crippen LogP contribution in [0.5, 0.6) is 5.75 Å². The van der Waals surface area contributed by atoms with Crippen molar-refractivity contribution in [3.63, 3.8) is 0 Å². The Labute approximate surface area is 191 Å². The fourth-order valence-corrected chi connectivity index (χ4v) is 4.60. The molecule has 2 aromatic heterocycles. The number of primary amides is 1. The number of hydrogen-bond donors (Lipinski definition) is 1. The minimum Gasteiger partial charge on any atom is -0.484 e. The van der Waals surface area contributed by atoms with Crippen LogP contribution < -0.4 is 20.8 Å². The average molecular weight is 462 g/mol. The zero-order chi connectivity index (χ0) is 23.3. The first-order chi connectivity index (χ1) is 15.8. The van der Waals surface area contributed by atoms with Gasteiger partial charge in [0.15, 0.2) is 12.0 Å². The lowest BCUT2D eigenvalue weighted by atomic mass is 9.98. The van der Waals surface area contributed by atoms with Crippen molar-refractivity contribution in [2.24, 2.45) is 5.73 Å². The average Bonchev–Trinajstić information content (AvgIpc) is 3.34. The summed E-state index contributed by atoms with van der Waals surface area (Å²) in [6, 6.07) is 11.3. The molecule has 0 saturated carbocycles. The molecule has 0 aliphatic carbocycles. The van der Waals surface area contributed by atoms with E-state index in [1.807, 2.05) is 13.0 Å². The molecule has 0 fully saturated rings. The Bertz CT molecular complexity index is 1470. The van der Waals surface area contributed by atoms with Gasteiger partial charge in [-0.25, -0.2) is 0 Å². The van der Waals surface area contributed by atoms with Crippen LogP contribution in [0.15, 0.2) is 51.7 Å². The Morgan fingerprint density at radius 2 is 1.91 bits per heavy atom. The highest BCUT2D eigenvalue weighted by Crippen LogP contribution is 2.42. The lowest BCUT2D eigenvalue weighted by Crippen LogP contribution is -2.29. The molecule has 0 bridgehead atoms. The fraction of sp³-hybridized carbons (Fsp3) is 0.174. The van der Waals surface area contributed by atoms with Gasteiger partial charge in [0.25, 0.3) is 11.8 Å². The Balaban J connectivity index is 1.69. The number of aryl methyl sites for hydroxylation is 2. The first kappa shape index (κ1) is 20.8. The second-order valence-corrected chi connectivity index (χ2v) is 8.84. The molecule has 5 rings (SSSR count). The van der Waals surface area contributed by atoms with Crippen LogP contribution in [0, 0.1) is 13.8 Å². The van der Waals surface area contributed by atoms with E-state index in [9.17, 15) is 14.4 Å². The second-order valence-electron chi connectivity index (χ2n) is 7.68. The summed E-state index contributed by atoms with van der Waals surface area (Å²) in [5.74, 6) is -0.628. The molecular weight excluding hydrogens is 444 g/mol. The van der Waals surface area contributed by atoms with Crippen molar-refractivity contribution in [2.45, 2.75) is 19.9 Å². The number of amides is 2. The minimum atomic E-state index is -0.758. The second kappa shape index (κ2) is 7.82. The number of carbonyl (C=O) groups excluding carboxylic acids is 2. The zero-order valence-electron chi connectivity index (χ0n) is 17.7. The number of fused-ring (bicyclic) bond motifs is 2. The van der Waals surface area contributed by atoms with Gasteiger partial charge in [-0.2, -0.15) is 0 Å². The molecule has 0 saturated heterocycles. The van der Waals surface area contributed by atoms with Crippen molar-refractivity contribution in [2.75, 3.05) is 11.5 Å². The van der Waals surface area contributed by atoms with Gasteiger partial charge < -0.3 is 14.9 Å². The van der Waals surface area contributed by atoms with E-state index in [0.717, 1.165) is 5.56 Å². The lowest BCUT2D eigenvalue weighted by Gasteiger charge is -2.22. The first-order valence-corrected chi connectivity index (χ1v) is 10.9. The van der Waals surface area contributed by atoms with Crippen LogP contribution in [0.1, 0.15) is 38.3 Å². The number of hydrogen-bond acceptors (Lipinski definition) is 8. The van der Waals surface area contributed by atoms with Crippen LogP contribution in [0.25, 0.3) is 11.0 Å². The third-order valence-electron chi connectivity index (χ3n) is 5.32. The van der Waals surface area contributed by atoms with Crippen LogP contribution in [-0.4, -0.2) is 28.6 Å². The molecule has 0 radical (unpaired) electrons. The fourth-order valence-electron chi connectivity index (χ4n) is 3.88. The van der Waals surface area contributed by atoms with E-state index in [0.29, 0.717) is 32.4 Å². The van der Waals surface area contributed by atoms with Crippen molar-refractivity contribution < 1.29 is 18.7 Å². The van der Waals surface area contributed by atoms with Gasteiger partial charge in [0.05, 0.1) is 17.0 Å². The number of carbonyl (C=O) groups is 2. The summed E-state index contributed by atoms with van der Waals surface area (Å²) in [5.41, 5.74) is 7.01. The van der Waals surface area contributed by atoms with E-state index in [-0.39, 0.29) is 23.4 Å². The van der Waals surface area contributed by atoms with Crippen molar-refractivity contribution in [1.29, 1.82) is 0 Å². The van der Waals surface area contributed by atoms with Gasteiger partial charge in [0, 0.05) is 0 Å². The SMILES string of the molecule is Cc1ccc2oc3c(c(=O)c2c1)C(c1ccc(OCC(N)=O)cc1)N(c1nnc(C)s1)C3=O. The monoisotopic (exact) mass is 462 g/mol. The Morgan fingerprint density at radius 1 is 1.15 bits per heavy atom. The summed E-state index contributed by atoms with van der Waals surface area (Å²) in [6.07, 6.45) is 0. The van der Waals surface area contributed by atoms with E-state index in [1.165, 1.54) is 16.2 Å². The zero-order valence-corrected chi connectivity index (χ0v) is 18.5. The van der Waals surface area contributed by atoms with Crippen molar-refractivity contribution in [3.05, 3.63) is 80.1 Å². The number of ether oxygens (including phenoxy) is 1. The summed E-state index contributed by atoms with van der Waals surface area (Å²) in [7, 11) is 0. The standard InChI is InChI=1S/C23H18N4O5S/c1-11-3-8-16-15(9-11)20(29)18-19(13-4-6-14(7-5-13)31-10-17(24)28)27(22(30)21(18)32-16)23-26-25-12(2)33-23/h3-9,19H,10H2,1-2H3,(H2,24,28). The first-order valence-electron chi connectivity index (χ1n) is 10.1. The van der Waals surface area contributed by atoms with Crippen LogP contribution in [0.2, 0.25) is 0 Å². The summed E-state index contributed by atoms with van der Waals surface area (Å²) in [6.45, 7) is 3.42. The third-order valence-corrected chi connectivity index (χ3v) is 6.16. The molecule has 1 atom stereocenters. The molecule has 1 aliphatic rings. The lowest BCUT2D eigenvalue weighted by molar-refractivity contribution is -0.119. The number of nitrogens with zero attached hydrogens (tertiary/aromatic N) is 3. The highest BCUT2D eigenvalue weighted by atomic mass is 32.1. The maximum Gasteiger partial charge on any atom is 0.297 e.